The van der Waals surface area contributed by atoms with E-state index in [-0.39, 0.29) is 53.0 Å². The van der Waals surface area contributed by atoms with Gasteiger partial charge >= 0.3 is 0 Å². The third kappa shape index (κ3) is 6.10. The summed E-state index contributed by atoms with van der Waals surface area (Å²) < 4.78 is 11.4. The molecule has 0 atom stereocenters. The molecule has 3 rings (SSSR count). The minimum atomic E-state index is -0.313. The van der Waals surface area contributed by atoms with Crippen molar-refractivity contribution in [2.75, 3.05) is 45.8 Å². The molecule has 1 aliphatic heterocycles. The van der Waals surface area contributed by atoms with Gasteiger partial charge in [0.05, 0.1) is 37.6 Å². The quantitative estimate of drug-likeness (QED) is 0.332. The van der Waals surface area contributed by atoms with Crippen LogP contribution in [0.2, 0.25) is 0 Å². The van der Waals surface area contributed by atoms with Crippen molar-refractivity contribution in [3.8, 4) is 17.6 Å². The Kier molecular flexibility index (Phi) is 9.93. The van der Waals surface area contributed by atoms with Crippen LogP contribution < -0.4 is 19.7 Å². The van der Waals surface area contributed by atoms with Gasteiger partial charge in [-0.15, -0.1) is 17.0 Å². The molecule has 1 heterocycles. The molecule has 2 N–H and O–H groups in total. The first-order valence-corrected chi connectivity index (χ1v) is 12.2. The number of nitriles is 1. The Balaban J connectivity index is 0.00000507. The van der Waals surface area contributed by atoms with Crippen molar-refractivity contribution in [1.29, 1.82) is 10.7 Å². The predicted octanol–water partition coefficient (Wildman–Crippen LogP) is 4.31. The third-order valence-electron chi connectivity index (χ3n) is 6.37. The molecule has 0 saturated heterocycles. The number of methoxy groups -OCH3 is 1. The van der Waals surface area contributed by atoms with Crippen molar-refractivity contribution in [3.63, 3.8) is 0 Å². The Labute approximate surface area is 235 Å². The molecule has 0 spiro atoms. The number of nitrogens with zero attached hydrogens (tertiary/aromatic N) is 3. The number of halogens is 1. The summed E-state index contributed by atoms with van der Waals surface area (Å²) in [5, 5.41) is 20.6. The van der Waals surface area contributed by atoms with E-state index in [1.54, 1.807) is 49.2 Å². The summed E-state index contributed by atoms with van der Waals surface area (Å²) in [5.41, 5.74) is 3.48. The second kappa shape index (κ2) is 12.3. The Hall–Kier alpha value is -3.58. The fraction of sp³-hybridized carbons (Fsp3) is 0.429. The second-order valence-corrected chi connectivity index (χ2v) is 9.99. The summed E-state index contributed by atoms with van der Waals surface area (Å²) in [6.07, 6.45) is 0. The number of anilines is 1. The van der Waals surface area contributed by atoms with Gasteiger partial charge < -0.3 is 24.6 Å². The van der Waals surface area contributed by atoms with E-state index in [0.717, 1.165) is 11.1 Å². The third-order valence-corrected chi connectivity index (χ3v) is 6.37. The van der Waals surface area contributed by atoms with Gasteiger partial charge in [-0.3, -0.25) is 15.0 Å². The van der Waals surface area contributed by atoms with Gasteiger partial charge in [-0.1, -0.05) is 20.8 Å². The number of ketones is 1. The van der Waals surface area contributed by atoms with Crippen LogP contribution in [-0.4, -0.2) is 63.3 Å². The van der Waals surface area contributed by atoms with Crippen LogP contribution in [0.25, 0.3) is 0 Å². The van der Waals surface area contributed by atoms with E-state index >= 15 is 0 Å². The normalized spacial score (nSPS) is 12.3. The summed E-state index contributed by atoms with van der Waals surface area (Å²) in [5.74, 6) is 0.817. The Morgan fingerprint density at radius 3 is 2.47 bits per heavy atom. The first-order chi connectivity index (χ1) is 17.5. The van der Waals surface area contributed by atoms with Crippen molar-refractivity contribution in [3.05, 3.63) is 52.1 Å². The zero-order valence-corrected chi connectivity index (χ0v) is 24.7. The zero-order chi connectivity index (χ0) is 27.5. The first kappa shape index (κ1) is 30.6. The van der Waals surface area contributed by atoms with Crippen LogP contribution in [0.1, 0.15) is 65.1 Å². The largest absolute Gasteiger partial charge is 0.494 e. The number of amidine groups is 1. The van der Waals surface area contributed by atoms with Crippen LogP contribution in [0.4, 0.5) is 5.69 Å². The van der Waals surface area contributed by atoms with Gasteiger partial charge in [0.1, 0.15) is 23.9 Å². The maximum atomic E-state index is 13.5. The average molecular weight is 587 g/mol. The molecule has 0 aromatic heterocycles. The van der Waals surface area contributed by atoms with Gasteiger partial charge in [0.15, 0.2) is 5.78 Å². The van der Waals surface area contributed by atoms with Gasteiger partial charge in [-0.25, -0.2) is 0 Å². The fourth-order valence-electron chi connectivity index (χ4n) is 4.44. The van der Waals surface area contributed by atoms with E-state index in [9.17, 15) is 14.9 Å². The van der Waals surface area contributed by atoms with Crippen molar-refractivity contribution < 1.29 is 19.1 Å². The Morgan fingerprint density at radius 2 is 1.92 bits per heavy atom. The number of benzene rings is 2. The van der Waals surface area contributed by atoms with Crippen LogP contribution in [0.15, 0.2) is 24.3 Å². The lowest BCUT2D eigenvalue weighted by molar-refractivity contribution is 0.0953. The summed E-state index contributed by atoms with van der Waals surface area (Å²) in [6, 6.07) is 9.17. The molecule has 1 aliphatic rings. The van der Waals surface area contributed by atoms with Crippen LogP contribution in [0, 0.1) is 16.7 Å². The predicted molar refractivity (Wildman–Crippen MR) is 153 cm³/mol. The monoisotopic (exact) mass is 585 g/mol. The molecule has 0 aliphatic carbocycles. The summed E-state index contributed by atoms with van der Waals surface area (Å²) >= 11 is 0. The molecule has 2 aromatic carbocycles. The second-order valence-electron chi connectivity index (χ2n) is 9.99. The highest BCUT2D eigenvalue weighted by atomic mass is 79.9. The number of carbonyl (C=O) groups excluding carboxylic acids is 2. The Bertz CT molecular complexity index is 1280. The maximum absolute atomic E-state index is 13.5. The number of hydrogen-bond acceptors (Lipinski definition) is 7. The van der Waals surface area contributed by atoms with Gasteiger partial charge in [-0.2, -0.15) is 5.26 Å². The van der Waals surface area contributed by atoms with Crippen LogP contribution in [0.3, 0.4) is 0 Å². The minimum absolute atomic E-state index is 0. The lowest BCUT2D eigenvalue weighted by Crippen LogP contribution is -2.31. The molecule has 0 radical (unpaired) electrons. The van der Waals surface area contributed by atoms with Gasteiger partial charge in [0, 0.05) is 37.3 Å². The summed E-state index contributed by atoms with van der Waals surface area (Å²) in [4.78, 5) is 29.4. The number of ether oxygens (including phenoxy) is 2. The zero-order valence-electron chi connectivity index (χ0n) is 23.0. The molecule has 0 bridgehead atoms. The first-order valence-electron chi connectivity index (χ1n) is 12.2. The number of rotatable bonds is 9. The SMILES string of the molecule is Br.CCOc1cc2c(cc1C(=O)NC)C(=N)N(CC(=O)c1cc(N(C)CC#N)c(OC)c(C(C)(C)C)c1)C2. The molecule has 2 aromatic rings. The molecule has 1 amide bonds. The number of Topliss-reactive ketones (excluding diaryl/α,β-unsaturated/α-hetero) is 1. The van der Waals surface area contributed by atoms with Gasteiger partial charge in [0.25, 0.3) is 5.91 Å². The summed E-state index contributed by atoms with van der Waals surface area (Å²) in [7, 11) is 4.92. The highest BCUT2D eigenvalue weighted by Crippen LogP contribution is 2.40. The number of nitrogens with one attached hydrogen (secondary N) is 2. The van der Waals surface area contributed by atoms with Crippen LogP contribution in [-0.2, 0) is 12.0 Å². The van der Waals surface area contributed by atoms with Gasteiger partial charge in [-0.05, 0) is 42.2 Å². The van der Waals surface area contributed by atoms with Crippen LogP contribution in [0.5, 0.6) is 11.5 Å². The molecule has 38 heavy (non-hydrogen) atoms. The van der Waals surface area contributed by atoms with Gasteiger partial charge in [0.2, 0.25) is 0 Å². The van der Waals surface area contributed by atoms with Crippen molar-refractivity contribution in [2.24, 2.45) is 0 Å². The minimum Gasteiger partial charge on any atom is -0.494 e. The molecular formula is C28H36BrN5O4. The highest BCUT2D eigenvalue weighted by Gasteiger charge is 2.31. The maximum Gasteiger partial charge on any atom is 0.254 e. The molecular weight excluding hydrogens is 550 g/mol. The number of fused-ring (bicyclic) bond motifs is 1. The van der Waals surface area contributed by atoms with Crippen molar-refractivity contribution >= 4 is 40.2 Å². The lowest BCUT2D eigenvalue weighted by Gasteiger charge is -2.28. The number of amides is 1. The van der Waals surface area contributed by atoms with Crippen LogP contribution >= 0.6 is 17.0 Å². The highest BCUT2D eigenvalue weighted by molar-refractivity contribution is 8.93. The molecule has 204 valence electrons. The van der Waals surface area contributed by atoms with E-state index in [1.807, 2.05) is 33.8 Å². The lowest BCUT2D eigenvalue weighted by atomic mass is 9.84. The van der Waals surface area contributed by atoms with Crippen molar-refractivity contribution in [2.45, 2.75) is 39.7 Å². The smallest absolute Gasteiger partial charge is 0.254 e. The van der Waals surface area contributed by atoms with E-state index in [0.29, 0.717) is 47.0 Å². The molecule has 9 nitrogen and oxygen atoms in total. The van der Waals surface area contributed by atoms with E-state index in [4.69, 9.17) is 14.9 Å². The fourth-order valence-corrected chi connectivity index (χ4v) is 4.44. The Morgan fingerprint density at radius 1 is 1.24 bits per heavy atom. The van der Waals surface area contributed by atoms with E-state index < -0.39 is 0 Å². The molecule has 0 fully saturated rings. The number of hydrogen-bond donors (Lipinski definition) is 2. The standard InChI is InChI=1S/C28H35N5O4.BrH/c1-8-37-24-13-18-15-33(26(30)19(18)14-20(24)27(35)31-5)16-23(34)17-11-21(28(2,3)4)25(36-7)22(12-17)32(6)10-9-29;/h11-14,30H,8,10,15-16H2,1-7H3,(H,31,35);1H. The molecule has 0 saturated carbocycles. The molecule has 10 heteroatoms. The van der Waals surface area contributed by atoms with E-state index in [2.05, 4.69) is 11.4 Å². The number of carbonyl (C=O) groups is 2. The summed E-state index contributed by atoms with van der Waals surface area (Å²) in [6.45, 7) is 8.86. The average Bonchev–Trinajstić information content (AvgIpc) is 3.15. The van der Waals surface area contributed by atoms with Crippen molar-refractivity contribution in [1.82, 2.24) is 10.2 Å². The van der Waals surface area contributed by atoms with E-state index in [1.165, 1.54) is 0 Å². The topological polar surface area (TPSA) is 119 Å². The molecule has 0 unspecified atom stereocenters.